The van der Waals surface area contributed by atoms with Crippen molar-refractivity contribution in [1.82, 2.24) is 0 Å². The summed E-state index contributed by atoms with van der Waals surface area (Å²) in [5.74, 6) is -0.756. The molecule has 1 saturated heterocycles. The lowest BCUT2D eigenvalue weighted by molar-refractivity contribution is -0.122. The molecule has 2 bridgehead atoms. The van der Waals surface area contributed by atoms with Crippen LogP contribution in [0.3, 0.4) is 0 Å². The van der Waals surface area contributed by atoms with E-state index in [0.29, 0.717) is 31.1 Å². The topological polar surface area (TPSA) is 63.7 Å². The molecule has 0 aromatic heterocycles. The standard InChI is InChI=1S/C29H39NO4S/c1-27(2,3)17-34-24-23(22-14-15-29(24,6)28(22,4)5)35(33)19-12-13-20-21(16-19)26(32)30(25(20)31)18-10-8-7-9-11-18/h7-12,20-24H,13-17H2,1-6H3/t20-,21+,22-,23-,24-,29+,35+/m1/s1. The molecule has 5 nitrogen and oxygen atoms in total. The summed E-state index contributed by atoms with van der Waals surface area (Å²) < 4.78 is 20.9. The number of hydrogen-bond acceptors (Lipinski definition) is 4. The van der Waals surface area contributed by atoms with Crippen molar-refractivity contribution in [2.24, 2.45) is 34.0 Å². The largest absolute Gasteiger partial charge is 0.376 e. The SMILES string of the molecule is CC(C)(C)CO[C@@H]1[C@H]([S@@](=O)C2=CC[C@H]3C(=O)N(c4ccccc4)C(=O)[C@H]3C2)[C@H]2CC[C@]1(C)C2(C)C. The quantitative estimate of drug-likeness (QED) is 0.506. The van der Waals surface area contributed by atoms with Crippen LogP contribution in [0.4, 0.5) is 5.69 Å². The summed E-state index contributed by atoms with van der Waals surface area (Å²) in [7, 11) is -1.25. The number of allylic oxidation sites excluding steroid dienone is 2. The lowest BCUT2D eigenvalue weighted by Crippen LogP contribution is -2.45. The van der Waals surface area contributed by atoms with Crippen LogP contribution in [0.2, 0.25) is 0 Å². The van der Waals surface area contributed by atoms with E-state index in [4.69, 9.17) is 4.74 Å². The molecule has 6 heteroatoms. The molecule has 3 aliphatic carbocycles. The Morgan fingerprint density at radius 3 is 2.37 bits per heavy atom. The number of anilines is 1. The lowest BCUT2D eigenvalue weighted by Gasteiger charge is -2.41. The fourth-order valence-electron chi connectivity index (χ4n) is 7.11. The van der Waals surface area contributed by atoms with Crippen molar-refractivity contribution in [2.45, 2.75) is 78.6 Å². The summed E-state index contributed by atoms with van der Waals surface area (Å²) in [6.07, 6.45) is 4.96. The smallest absolute Gasteiger partial charge is 0.238 e. The van der Waals surface area contributed by atoms with Crippen LogP contribution in [0, 0.1) is 34.0 Å². The van der Waals surface area contributed by atoms with Gasteiger partial charge in [0.15, 0.2) is 0 Å². The first-order valence-corrected chi connectivity index (χ1v) is 14.2. The molecule has 1 aromatic rings. The Labute approximate surface area is 212 Å². The summed E-state index contributed by atoms with van der Waals surface area (Å²) in [6.45, 7) is 14.1. The number of benzene rings is 1. The van der Waals surface area contributed by atoms with Crippen molar-refractivity contribution < 1.29 is 18.5 Å². The van der Waals surface area contributed by atoms with Gasteiger partial charge in [-0.15, -0.1) is 0 Å². The Bertz CT molecular complexity index is 1090. The normalized spacial score (nSPS) is 36.9. The second-order valence-corrected chi connectivity index (χ2v) is 14.7. The van der Waals surface area contributed by atoms with Gasteiger partial charge in [0.05, 0.1) is 46.3 Å². The summed E-state index contributed by atoms with van der Waals surface area (Å²) in [4.78, 5) is 28.7. The fourth-order valence-corrected chi connectivity index (χ4v) is 9.44. The summed E-state index contributed by atoms with van der Waals surface area (Å²) in [6, 6.07) is 9.15. The molecule has 0 radical (unpaired) electrons. The molecule has 35 heavy (non-hydrogen) atoms. The molecule has 7 atom stereocenters. The van der Waals surface area contributed by atoms with Crippen molar-refractivity contribution in [2.75, 3.05) is 11.5 Å². The number of imide groups is 1. The van der Waals surface area contributed by atoms with Gasteiger partial charge in [0.25, 0.3) is 0 Å². The van der Waals surface area contributed by atoms with E-state index in [1.54, 1.807) is 12.1 Å². The van der Waals surface area contributed by atoms with E-state index < -0.39 is 16.7 Å². The van der Waals surface area contributed by atoms with Gasteiger partial charge < -0.3 is 4.74 Å². The molecule has 0 N–H and O–H groups in total. The van der Waals surface area contributed by atoms with Crippen molar-refractivity contribution in [3.8, 4) is 0 Å². The molecule has 0 spiro atoms. The molecule has 4 aliphatic rings. The number of fused-ring (bicyclic) bond motifs is 3. The number of amides is 2. The highest BCUT2D eigenvalue weighted by molar-refractivity contribution is 7.89. The molecule has 190 valence electrons. The molecule has 1 heterocycles. The zero-order chi connectivity index (χ0) is 25.3. The average molecular weight is 498 g/mol. The maximum atomic E-state index is 14.2. The molecule has 1 aromatic carbocycles. The number of ether oxygens (including phenoxy) is 1. The molecule has 1 aliphatic heterocycles. The van der Waals surface area contributed by atoms with E-state index in [2.05, 4.69) is 41.5 Å². The predicted molar refractivity (Wildman–Crippen MR) is 139 cm³/mol. The first-order chi connectivity index (χ1) is 16.4. The number of nitrogens with zero attached hydrogens (tertiary/aromatic N) is 1. The lowest BCUT2D eigenvalue weighted by atomic mass is 9.70. The van der Waals surface area contributed by atoms with Gasteiger partial charge in [0.2, 0.25) is 11.8 Å². The number of rotatable bonds is 5. The van der Waals surface area contributed by atoms with Gasteiger partial charge in [-0.1, -0.05) is 65.8 Å². The maximum Gasteiger partial charge on any atom is 0.238 e. The Kier molecular flexibility index (Phi) is 5.95. The highest BCUT2D eigenvalue weighted by atomic mass is 32.2. The van der Waals surface area contributed by atoms with E-state index >= 15 is 0 Å². The second-order valence-electron chi connectivity index (χ2n) is 13.0. The highest BCUT2D eigenvalue weighted by Crippen LogP contribution is 2.68. The van der Waals surface area contributed by atoms with Gasteiger partial charge in [-0.2, -0.15) is 0 Å². The summed E-state index contributed by atoms with van der Waals surface area (Å²) in [5, 5.41) is -0.0775. The van der Waals surface area contributed by atoms with Crippen LogP contribution in [0.1, 0.15) is 67.2 Å². The van der Waals surface area contributed by atoms with E-state index in [9.17, 15) is 13.8 Å². The minimum atomic E-state index is -1.25. The van der Waals surface area contributed by atoms with Gasteiger partial charge in [0, 0.05) is 10.3 Å². The van der Waals surface area contributed by atoms with E-state index in [1.807, 2.05) is 24.3 Å². The van der Waals surface area contributed by atoms with Crippen molar-refractivity contribution in [3.63, 3.8) is 0 Å². The van der Waals surface area contributed by atoms with Crippen molar-refractivity contribution >= 4 is 28.3 Å². The average Bonchev–Trinajstić information content (AvgIpc) is 3.26. The third-order valence-corrected chi connectivity index (χ3v) is 11.4. The first kappa shape index (κ1) is 24.9. The molecular formula is C29H39NO4S. The molecule has 0 unspecified atom stereocenters. The monoisotopic (exact) mass is 497 g/mol. The first-order valence-electron chi connectivity index (χ1n) is 13.0. The molecule has 5 rings (SSSR count). The molecular weight excluding hydrogens is 458 g/mol. The highest BCUT2D eigenvalue weighted by Gasteiger charge is 2.68. The zero-order valence-corrected chi connectivity index (χ0v) is 22.7. The molecule has 2 saturated carbocycles. The summed E-state index contributed by atoms with van der Waals surface area (Å²) in [5.41, 5.74) is 0.669. The van der Waals surface area contributed by atoms with Crippen molar-refractivity contribution in [3.05, 3.63) is 41.3 Å². The van der Waals surface area contributed by atoms with Crippen LogP contribution >= 0.6 is 0 Å². The van der Waals surface area contributed by atoms with E-state index in [1.165, 1.54) is 4.90 Å². The van der Waals surface area contributed by atoms with Crippen molar-refractivity contribution in [1.29, 1.82) is 0 Å². The predicted octanol–water partition coefficient (Wildman–Crippen LogP) is 5.47. The van der Waals surface area contributed by atoms with Crippen LogP contribution in [-0.2, 0) is 25.1 Å². The van der Waals surface area contributed by atoms with Gasteiger partial charge in [-0.05, 0) is 54.6 Å². The Balaban J connectivity index is 1.40. The van der Waals surface area contributed by atoms with Crippen LogP contribution in [0.5, 0.6) is 0 Å². The Morgan fingerprint density at radius 2 is 1.71 bits per heavy atom. The zero-order valence-electron chi connectivity index (χ0n) is 21.9. The number of carbonyl (C=O) groups excluding carboxylic acids is 2. The van der Waals surface area contributed by atoms with Crippen LogP contribution in [0.25, 0.3) is 0 Å². The molecule has 2 amide bonds. The number of hydrogen-bond donors (Lipinski definition) is 0. The minimum absolute atomic E-state index is 0.0236. The van der Waals surface area contributed by atoms with E-state index in [0.717, 1.165) is 17.7 Å². The van der Waals surface area contributed by atoms with Gasteiger partial charge >= 0.3 is 0 Å². The second kappa shape index (κ2) is 8.37. The van der Waals surface area contributed by atoms with E-state index in [-0.39, 0.29) is 45.3 Å². The maximum absolute atomic E-state index is 14.2. The van der Waals surface area contributed by atoms with Gasteiger partial charge in [-0.25, -0.2) is 0 Å². The Morgan fingerprint density at radius 1 is 1.06 bits per heavy atom. The third-order valence-electron chi connectivity index (χ3n) is 9.49. The number of carbonyl (C=O) groups is 2. The summed E-state index contributed by atoms with van der Waals surface area (Å²) >= 11 is 0. The number of para-hydroxylation sites is 1. The minimum Gasteiger partial charge on any atom is -0.376 e. The van der Waals surface area contributed by atoms with Gasteiger partial charge in [0.1, 0.15) is 0 Å². The third kappa shape index (κ3) is 3.78. The van der Waals surface area contributed by atoms with Gasteiger partial charge in [-0.3, -0.25) is 18.7 Å². The van der Waals surface area contributed by atoms with Crippen LogP contribution < -0.4 is 4.90 Å². The van der Waals surface area contributed by atoms with Crippen LogP contribution in [-0.4, -0.2) is 34.0 Å². The fraction of sp³-hybridized carbons (Fsp3) is 0.655. The Hall–Kier alpha value is -1.79. The molecule has 3 fully saturated rings. The van der Waals surface area contributed by atoms with Crippen LogP contribution in [0.15, 0.2) is 41.3 Å².